The zero-order chi connectivity index (χ0) is 12.8. The number of hydrogen-bond donors (Lipinski definition) is 1. The van der Waals surface area contributed by atoms with Crippen molar-refractivity contribution in [1.82, 2.24) is 4.90 Å². The normalized spacial score (nSPS) is 10.0. The second-order valence-corrected chi connectivity index (χ2v) is 4.69. The van der Waals surface area contributed by atoms with E-state index < -0.39 is 5.97 Å². The first-order chi connectivity index (χ1) is 7.99. The summed E-state index contributed by atoms with van der Waals surface area (Å²) in [5.74, 6) is -1.15. The van der Waals surface area contributed by atoms with Crippen LogP contribution in [0, 0.1) is 0 Å². The van der Waals surface area contributed by atoms with Crippen LogP contribution in [0.25, 0.3) is 0 Å². The molecular weight excluding hydrogens is 286 g/mol. The molecule has 0 aliphatic carbocycles. The predicted octanol–water partition coefficient (Wildman–Crippen LogP) is 1.92. The van der Waals surface area contributed by atoms with Crippen molar-refractivity contribution in [3.05, 3.63) is 34.3 Å². The first kappa shape index (κ1) is 13.7. The van der Waals surface area contributed by atoms with E-state index in [2.05, 4.69) is 15.9 Å². The molecule has 1 rings (SSSR count). The Balaban J connectivity index is 2.42. The molecule has 0 heterocycles. The minimum Gasteiger partial charge on any atom is -0.480 e. The molecule has 17 heavy (non-hydrogen) atoms. The summed E-state index contributed by atoms with van der Waals surface area (Å²) in [7, 11) is 1.50. The molecule has 92 valence electrons. The number of likely N-dealkylation sites (N-methyl/N-ethyl adjacent to an activating group) is 1. The van der Waals surface area contributed by atoms with Crippen molar-refractivity contribution in [1.29, 1.82) is 0 Å². The molecule has 0 fully saturated rings. The summed E-state index contributed by atoms with van der Waals surface area (Å²) in [6.45, 7) is -0.251. The fourth-order valence-corrected chi connectivity index (χ4v) is 1.65. The van der Waals surface area contributed by atoms with Crippen LogP contribution < -0.4 is 0 Å². The Bertz CT molecular complexity index is 403. The van der Waals surface area contributed by atoms with Gasteiger partial charge in [0.15, 0.2) is 0 Å². The Morgan fingerprint density at radius 3 is 2.41 bits per heavy atom. The molecule has 4 nitrogen and oxygen atoms in total. The van der Waals surface area contributed by atoms with E-state index in [0.717, 1.165) is 10.0 Å². The van der Waals surface area contributed by atoms with E-state index in [1.54, 1.807) is 0 Å². The second kappa shape index (κ2) is 6.39. The lowest BCUT2D eigenvalue weighted by atomic mass is 10.1. The van der Waals surface area contributed by atoms with Crippen molar-refractivity contribution in [2.75, 3.05) is 13.6 Å². The number of carbonyl (C=O) groups is 2. The number of amides is 1. The zero-order valence-electron chi connectivity index (χ0n) is 9.52. The number of aryl methyl sites for hydroxylation is 1. The van der Waals surface area contributed by atoms with Crippen molar-refractivity contribution < 1.29 is 14.7 Å². The van der Waals surface area contributed by atoms with Gasteiger partial charge in [-0.3, -0.25) is 9.59 Å². The molecule has 1 amide bonds. The van der Waals surface area contributed by atoms with E-state index in [9.17, 15) is 9.59 Å². The Kier molecular flexibility index (Phi) is 5.15. The van der Waals surface area contributed by atoms with Crippen LogP contribution in [0.1, 0.15) is 12.0 Å². The molecule has 0 saturated heterocycles. The predicted molar refractivity (Wildman–Crippen MR) is 67.7 cm³/mol. The molecule has 0 atom stereocenters. The van der Waals surface area contributed by atoms with Gasteiger partial charge in [-0.1, -0.05) is 28.1 Å². The fraction of sp³-hybridized carbons (Fsp3) is 0.333. The van der Waals surface area contributed by atoms with Crippen molar-refractivity contribution in [3.8, 4) is 0 Å². The molecule has 0 aromatic heterocycles. The van der Waals surface area contributed by atoms with Crippen molar-refractivity contribution in [2.24, 2.45) is 0 Å². The minimum absolute atomic E-state index is 0.157. The van der Waals surface area contributed by atoms with Crippen molar-refractivity contribution in [3.63, 3.8) is 0 Å². The maximum Gasteiger partial charge on any atom is 0.323 e. The molecule has 0 radical (unpaired) electrons. The summed E-state index contributed by atoms with van der Waals surface area (Å²) in [6.07, 6.45) is 0.946. The number of hydrogen-bond acceptors (Lipinski definition) is 2. The van der Waals surface area contributed by atoms with Gasteiger partial charge in [0.05, 0.1) is 0 Å². The van der Waals surface area contributed by atoms with Crippen LogP contribution in [0.4, 0.5) is 0 Å². The molecular formula is C12H14BrNO3. The summed E-state index contributed by atoms with van der Waals surface area (Å²) in [5.41, 5.74) is 1.06. The third kappa shape index (κ3) is 4.99. The largest absolute Gasteiger partial charge is 0.480 e. The Hall–Kier alpha value is -1.36. The molecule has 0 spiro atoms. The lowest BCUT2D eigenvalue weighted by molar-refractivity contribution is -0.143. The quantitative estimate of drug-likeness (QED) is 0.904. The Morgan fingerprint density at radius 1 is 1.29 bits per heavy atom. The first-order valence-electron chi connectivity index (χ1n) is 5.19. The lowest BCUT2D eigenvalue weighted by Gasteiger charge is -2.14. The number of carboxylic acids is 1. The standard InChI is InChI=1S/C12H14BrNO3/c1-14(8-12(16)17)11(15)7-4-9-2-5-10(13)6-3-9/h2-3,5-6H,4,7-8H2,1H3,(H,16,17). The highest BCUT2D eigenvalue weighted by molar-refractivity contribution is 9.10. The van der Waals surface area contributed by atoms with Gasteiger partial charge in [-0.15, -0.1) is 0 Å². The summed E-state index contributed by atoms with van der Waals surface area (Å²) >= 11 is 3.34. The SMILES string of the molecule is CN(CC(=O)O)C(=O)CCc1ccc(Br)cc1. The van der Waals surface area contributed by atoms with Crippen LogP contribution in [0.3, 0.4) is 0 Å². The van der Waals surface area contributed by atoms with E-state index >= 15 is 0 Å². The third-order valence-electron chi connectivity index (χ3n) is 2.34. The first-order valence-corrected chi connectivity index (χ1v) is 5.98. The topological polar surface area (TPSA) is 57.6 Å². The van der Waals surface area contributed by atoms with Crippen LogP contribution in [0.5, 0.6) is 0 Å². The average molecular weight is 300 g/mol. The second-order valence-electron chi connectivity index (χ2n) is 3.77. The Labute approximate surface area is 108 Å². The van der Waals surface area contributed by atoms with Crippen molar-refractivity contribution in [2.45, 2.75) is 12.8 Å². The number of carboxylic acid groups (broad SMARTS) is 1. The molecule has 1 N–H and O–H groups in total. The van der Waals surface area contributed by atoms with E-state index in [1.807, 2.05) is 24.3 Å². The van der Waals surface area contributed by atoms with Gasteiger partial charge in [0, 0.05) is 17.9 Å². The van der Waals surface area contributed by atoms with E-state index in [1.165, 1.54) is 11.9 Å². The molecule has 0 saturated carbocycles. The number of nitrogens with zero attached hydrogens (tertiary/aromatic N) is 1. The average Bonchev–Trinajstić information content (AvgIpc) is 2.27. The number of aliphatic carboxylic acids is 1. The molecule has 1 aromatic rings. The summed E-state index contributed by atoms with van der Waals surface area (Å²) in [6, 6.07) is 7.71. The maximum atomic E-state index is 11.6. The maximum absolute atomic E-state index is 11.6. The number of benzene rings is 1. The van der Waals surface area contributed by atoms with Crippen LogP contribution >= 0.6 is 15.9 Å². The molecule has 0 aliphatic rings. The van der Waals surface area contributed by atoms with Crippen molar-refractivity contribution >= 4 is 27.8 Å². The molecule has 0 aliphatic heterocycles. The number of carbonyl (C=O) groups excluding carboxylic acids is 1. The number of rotatable bonds is 5. The van der Waals surface area contributed by atoms with Gasteiger partial charge in [-0.25, -0.2) is 0 Å². The van der Waals surface area contributed by atoms with Gasteiger partial charge >= 0.3 is 5.97 Å². The molecule has 1 aromatic carbocycles. The summed E-state index contributed by atoms with van der Waals surface area (Å²) in [5, 5.41) is 8.55. The van der Waals surface area contributed by atoms with Crippen LogP contribution in [-0.2, 0) is 16.0 Å². The highest BCUT2D eigenvalue weighted by Gasteiger charge is 2.11. The van der Waals surface area contributed by atoms with Crippen LogP contribution in [0.2, 0.25) is 0 Å². The molecule has 0 bridgehead atoms. The monoisotopic (exact) mass is 299 g/mol. The summed E-state index contributed by atoms with van der Waals surface area (Å²) in [4.78, 5) is 23.2. The van der Waals surface area contributed by atoms with E-state index in [4.69, 9.17) is 5.11 Å². The van der Waals surface area contributed by atoms with E-state index in [0.29, 0.717) is 12.8 Å². The lowest BCUT2D eigenvalue weighted by Crippen LogP contribution is -2.32. The van der Waals surface area contributed by atoms with Gasteiger partial charge in [-0.05, 0) is 24.1 Å². The van der Waals surface area contributed by atoms with Crippen LogP contribution in [-0.4, -0.2) is 35.5 Å². The van der Waals surface area contributed by atoms with Gasteiger partial charge in [0.2, 0.25) is 5.91 Å². The fourth-order valence-electron chi connectivity index (χ4n) is 1.38. The third-order valence-corrected chi connectivity index (χ3v) is 2.87. The van der Waals surface area contributed by atoms with Crippen LogP contribution in [0.15, 0.2) is 28.7 Å². The molecule has 0 unspecified atom stereocenters. The smallest absolute Gasteiger partial charge is 0.323 e. The summed E-state index contributed by atoms with van der Waals surface area (Å²) < 4.78 is 0.996. The minimum atomic E-state index is -0.996. The van der Waals surface area contributed by atoms with E-state index in [-0.39, 0.29) is 12.5 Å². The number of halogens is 1. The van der Waals surface area contributed by atoms with Gasteiger partial charge in [-0.2, -0.15) is 0 Å². The highest BCUT2D eigenvalue weighted by atomic mass is 79.9. The molecule has 5 heteroatoms. The van der Waals surface area contributed by atoms with Gasteiger partial charge in [0.1, 0.15) is 6.54 Å². The highest BCUT2D eigenvalue weighted by Crippen LogP contribution is 2.12. The van der Waals surface area contributed by atoms with Gasteiger partial charge in [0.25, 0.3) is 0 Å². The Morgan fingerprint density at radius 2 is 1.88 bits per heavy atom. The van der Waals surface area contributed by atoms with Gasteiger partial charge < -0.3 is 10.0 Å². The zero-order valence-corrected chi connectivity index (χ0v) is 11.1.